The lowest BCUT2D eigenvalue weighted by Crippen LogP contribution is -2.23. The van der Waals surface area contributed by atoms with E-state index in [9.17, 15) is 0 Å². The number of hydrogen-bond acceptors (Lipinski definition) is 2. The van der Waals surface area contributed by atoms with Gasteiger partial charge < -0.3 is 5.32 Å². The maximum Gasteiger partial charge on any atom is 0.0385 e. The highest BCUT2D eigenvalue weighted by Gasteiger charge is 2.13. The summed E-state index contributed by atoms with van der Waals surface area (Å²) in [6, 6.07) is 8.81. The quantitative estimate of drug-likeness (QED) is 0.786. The highest BCUT2D eigenvalue weighted by atomic mass is 15.1. The van der Waals surface area contributed by atoms with Gasteiger partial charge in [0.1, 0.15) is 0 Å². The van der Waals surface area contributed by atoms with Crippen molar-refractivity contribution in [3.63, 3.8) is 0 Å². The Labute approximate surface area is 124 Å². The lowest BCUT2D eigenvalue weighted by Gasteiger charge is -2.24. The van der Waals surface area contributed by atoms with E-state index < -0.39 is 0 Å². The van der Waals surface area contributed by atoms with Crippen LogP contribution in [-0.2, 0) is 6.54 Å². The molecule has 0 unspecified atom stereocenters. The first-order valence-electron chi connectivity index (χ1n) is 8.37. The van der Waals surface area contributed by atoms with E-state index in [4.69, 9.17) is 0 Å². The molecule has 0 bridgehead atoms. The molecule has 1 fully saturated rings. The first kappa shape index (κ1) is 15.4. The van der Waals surface area contributed by atoms with Gasteiger partial charge in [-0.1, -0.05) is 51.3 Å². The molecule has 112 valence electrons. The summed E-state index contributed by atoms with van der Waals surface area (Å²) in [6.45, 7) is 8.92. The molecular weight excluding hydrogens is 244 g/mol. The molecule has 0 heterocycles. The van der Waals surface area contributed by atoms with Crippen molar-refractivity contribution in [2.45, 2.75) is 52.5 Å². The van der Waals surface area contributed by atoms with E-state index >= 15 is 0 Å². The summed E-state index contributed by atoms with van der Waals surface area (Å²) in [6.07, 6.45) is 7.10. The van der Waals surface area contributed by atoms with Gasteiger partial charge in [-0.3, -0.25) is 4.90 Å². The van der Waals surface area contributed by atoms with Crippen LogP contribution >= 0.6 is 0 Å². The first-order valence-corrected chi connectivity index (χ1v) is 8.37. The monoisotopic (exact) mass is 274 g/mol. The number of rotatable bonds is 7. The Bertz CT molecular complexity index is 379. The number of para-hydroxylation sites is 1. The Kier molecular flexibility index (Phi) is 6.38. The van der Waals surface area contributed by atoms with Gasteiger partial charge in [0.2, 0.25) is 0 Å². The molecule has 0 aliphatic heterocycles. The molecular formula is C18H30N2. The van der Waals surface area contributed by atoms with Crippen LogP contribution in [0.2, 0.25) is 0 Å². The van der Waals surface area contributed by atoms with E-state index in [1.807, 2.05) is 0 Å². The van der Waals surface area contributed by atoms with Crippen molar-refractivity contribution in [2.24, 2.45) is 5.92 Å². The number of benzene rings is 1. The van der Waals surface area contributed by atoms with Crippen LogP contribution in [-0.4, -0.2) is 24.5 Å². The molecule has 2 heteroatoms. The molecule has 1 aromatic rings. The van der Waals surface area contributed by atoms with Gasteiger partial charge in [0.05, 0.1) is 0 Å². The summed E-state index contributed by atoms with van der Waals surface area (Å²) in [4.78, 5) is 2.47. The predicted octanol–water partition coefficient (Wildman–Crippen LogP) is 4.52. The molecule has 0 aromatic heterocycles. The molecule has 0 spiro atoms. The second kappa shape index (κ2) is 8.31. The summed E-state index contributed by atoms with van der Waals surface area (Å²) in [5.74, 6) is 0.880. The first-order chi connectivity index (χ1) is 9.83. The smallest absolute Gasteiger partial charge is 0.0385 e. The molecule has 2 nitrogen and oxygen atoms in total. The van der Waals surface area contributed by atoms with E-state index in [2.05, 4.69) is 48.3 Å². The third kappa shape index (κ3) is 4.52. The topological polar surface area (TPSA) is 15.3 Å². The van der Waals surface area contributed by atoms with E-state index in [-0.39, 0.29) is 0 Å². The zero-order valence-electron chi connectivity index (χ0n) is 13.2. The zero-order chi connectivity index (χ0) is 14.2. The van der Waals surface area contributed by atoms with Crippen molar-refractivity contribution < 1.29 is 0 Å². The van der Waals surface area contributed by atoms with Crippen LogP contribution < -0.4 is 5.32 Å². The standard InChI is InChI=1S/C18H30N2/c1-3-20(4-2)15-17-12-8-9-13-18(17)19-14-16-10-6-5-7-11-16/h8-9,12-13,16,19H,3-7,10-11,14-15H2,1-2H3. The van der Waals surface area contributed by atoms with Gasteiger partial charge in [-0.2, -0.15) is 0 Å². The summed E-state index contributed by atoms with van der Waals surface area (Å²) < 4.78 is 0. The Morgan fingerprint density at radius 3 is 2.45 bits per heavy atom. The minimum Gasteiger partial charge on any atom is -0.385 e. The van der Waals surface area contributed by atoms with Crippen LogP contribution in [0.5, 0.6) is 0 Å². The second-order valence-corrected chi connectivity index (χ2v) is 6.00. The van der Waals surface area contributed by atoms with Crippen LogP contribution in [0.15, 0.2) is 24.3 Å². The largest absolute Gasteiger partial charge is 0.385 e. The Hall–Kier alpha value is -1.02. The van der Waals surface area contributed by atoms with E-state index in [1.54, 1.807) is 0 Å². The number of nitrogens with one attached hydrogen (secondary N) is 1. The average Bonchev–Trinajstić information content (AvgIpc) is 2.52. The van der Waals surface area contributed by atoms with Crippen LogP contribution in [0, 0.1) is 5.92 Å². The highest BCUT2D eigenvalue weighted by Crippen LogP contribution is 2.25. The van der Waals surface area contributed by atoms with Crippen LogP contribution in [0.3, 0.4) is 0 Å². The van der Waals surface area contributed by atoms with Gasteiger partial charge in [-0.15, -0.1) is 0 Å². The minimum absolute atomic E-state index is 0.880. The van der Waals surface area contributed by atoms with Crippen molar-refractivity contribution >= 4 is 5.69 Å². The molecule has 0 saturated heterocycles. The van der Waals surface area contributed by atoms with Gasteiger partial charge in [0, 0.05) is 18.8 Å². The van der Waals surface area contributed by atoms with Crippen molar-refractivity contribution in [2.75, 3.05) is 25.0 Å². The Morgan fingerprint density at radius 1 is 1.05 bits per heavy atom. The lowest BCUT2D eigenvalue weighted by molar-refractivity contribution is 0.296. The molecule has 2 rings (SSSR count). The van der Waals surface area contributed by atoms with Gasteiger partial charge in [0.15, 0.2) is 0 Å². The lowest BCUT2D eigenvalue weighted by atomic mass is 9.89. The fraction of sp³-hybridized carbons (Fsp3) is 0.667. The van der Waals surface area contributed by atoms with Gasteiger partial charge in [-0.25, -0.2) is 0 Å². The van der Waals surface area contributed by atoms with Crippen molar-refractivity contribution in [3.8, 4) is 0 Å². The summed E-state index contributed by atoms with van der Waals surface area (Å²) >= 11 is 0. The summed E-state index contributed by atoms with van der Waals surface area (Å²) in [5.41, 5.74) is 2.77. The van der Waals surface area contributed by atoms with E-state index in [0.29, 0.717) is 0 Å². The number of nitrogens with zero attached hydrogens (tertiary/aromatic N) is 1. The zero-order valence-corrected chi connectivity index (χ0v) is 13.2. The molecule has 0 radical (unpaired) electrons. The maximum atomic E-state index is 3.71. The predicted molar refractivity (Wildman–Crippen MR) is 88.1 cm³/mol. The Balaban J connectivity index is 1.92. The van der Waals surface area contributed by atoms with E-state index in [0.717, 1.165) is 32.1 Å². The fourth-order valence-corrected chi connectivity index (χ4v) is 3.16. The summed E-state index contributed by atoms with van der Waals surface area (Å²) in [5, 5.41) is 3.71. The van der Waals surface area contributed by atoms with E-state index in [1.165, 1.54) is 43.4 Å². The van der Waals surface area contributed by atoms with Crippen LogP contribution in [0.1, 0.15) is 51.5 Å². The number of hydrogen-bond donors (Lipinski definition) is 1. The molecule has 1 N–H and O–H groups in total. The van der Waals surface area contributed by atoms with Crippen molar-refractivity contribution in [1.82, 2.24) is 4.90 Å². The highest BCUT2D eigenvalue weighted by molar-refractivity contribution is 5.51. The summed E-state index contributed by atoms with van der Waals surface area (Å²) in [7, 11) is 0. The van der Waals surface area contributed by atoms with Crippen molar-refractivity contribution in [3.05, 3.63) is 29.8 Å². The Morgan fingerprint density at radius 2 is 1.75 bits per heavy atom. The average molecular weight is 274 g/mol. The van der Waals surface area contributed by atoms with Gasteiger partial charge in [-0.05, 0) is 43.5 Å². The third-order valence-electron chi connectivity index (χ3n) is 4.61. The normalized spacial score (nSPS) is 16.6. The van der Waals surface area contributed by atoms with Gasteiger partial charge in [0.25, 0.3) is 0 Å². The third-order valence-corrected chi connectivity index (χ3v) is 4.61. The fourth-order valence-electron chi connectivity index (χ4n) is 3.16. The van der Waals surface area contributed by atoms with Crippen LogP contribution in [0.4, 0.5) is 5.69 Å². The van der Waals surface area contributed by atoms with Crippen LogP contribution in [0.25, 0.3) is 0 Å². The molecule has 1 aliphatic carbocycles. The SMILES string of the molecule is CCN(CC)Cc1ccccc1NCC1CCCCC1. The molecule has 1 aliphatic rings. The molecule has 1 saturated carbocycles. The van der Waals surface area contributed by atoms with Crippen molar-refractivity contribution in [1.29, 1.82) is 0 Å². The molecule has 0 atom stereocenters. The van der Waals surface area contributed by atoms with Gasteiger partial charge >= 0.3 is 0 Å². The molecule has 0 amide bonds. The molecule has 1 aromatic carbocycles. The maximum absolute atomic E-state index is 3.71. The molecule has 20 heavy (non-hydrogen) atoms. The second-order valence-electron chi connectivity index (χ2n) is 6.00. The minimum atomic E-state index is 0.880. The number of anilines is 1.